The maximum atomic E-state index is 2.67. The fraction of sp³-hybridized carbons (Fsp3) is 0.213. The smallest absolute Gasteiger partial charge is 0.0742 e. The summed E-state index contributed by atoms with van der Waals surface area (Å²) in [6.45, 7) is 16.9. The van der Waals surface area contributed by atoms with E-state index in [1.165, 1.54) is 124 Å². The average Bonchev–Trinajstić information content (AvgIpc) is 3.51. The zero-order valence-corrected chi connectivity index (χ0v) is 37.0. The molecule has 0 amide bonds. The molecule has 0 spiro atoms. The van der Waals surface area contributed by atoms with Crippen LogP contribution in [0.15, 0.2) is 170 Å². The molecule has 0 N–H and O–H groups in total. The minimum atomic E-state index is -0.583. The van der Waals surface area contributed by atoms with Crippen LogP contribution in [-0.2, 0) is 21.7 Å². The minimum Gasteiger partial charge on any atom is -0.309 e. The Bertz CT molecular complexity index is 3120. The molecule has 4 aliphatic rings. The van der Waals surface area contributed by atoms with Gasteiger partial charge in [0, 0.05) is 16.5 Å². The van der Waals surface area contributed by atoms with E-state index in [9.17, 15) is 0 Å². The number of para-hydroxylation sites is 2. The first-order valence-corrected chi connectivity index (χ1v) is 22.6. The van der Waals surface area contributed by atoms with Crippen LogP contribution in [0.3, 0.4) is 0 Å². The molecular formula is C61H53N. The lowest BCUT2D eigenvalue weighted by molar-refractivity contribution is 0.332. The van der Waals surface area contributed by atoms with E-state index < -0.39 is 5.41 Å². The number of anilines is 3. The number of fused-ring (bicyclic) bond motifs is 12. The second-order valence-corrected chi connectivity index (χ2v) is 20.4. The van der Waals surface area contributed by atoms with Gasteiger partial charge in [-0.3, -0.25) is 0 Å². The number of hydrogen-bond donors (Lipinski definition) is 0. The summed E-state index contributed by atoms with van der Waals surface area (Å²) in [5.74, 6) is 0. The van der Waals surface area contributed by atoms with Crippen LogP contribution in [0.2, 0.25) is 0 Å². The molecule has 62 heavy (non-hydrogen) atoms. The number of hydrogen-bond acceptors (Lipinski definition) is 1. The molecule has 2 aliphatic carbocycles. The van der Waals surface area contributed by atoms with E-state index in [-0.39, 0.29) is 16.2 Å². The van der Waals surface area contributed by atoms with Crippen molar-refractivity contribution in [2.24, 2.45) is 0 Å². The van der Waals surface area contributed by atoms with Gasteiger partial charge in [0.1, 0.15) is 0 Å². The van der Waals surface area contributed by atoms with Crippen LogP contribution in [0.4, 0.5) is 17.1 Å². The molecule has 0 atom stereocenters. The topological polar surface area (TPSA) is 3.24 Å². The average molecular weight is 800 g/mol. The molecular weight excluding hydrogens is 747 g/mol. The van der Waals surface area contributed by atoms with Crippen LogP contribution < -0.4 is 4.90 Å². The lowest BCUT2D eigenvalue weighted by Gasteiger charge is -2.48. The zero-order chi connectivity index (χ0) is 42.3. The van der Waals surface area contributed by atoms with Crippen molar-refractivity contribution in [3.63, 3.8) is 0 Å². The zero-order valence-electron chi connectivity index (χ0n) is 37.0. The summed E-state index contributed by atoms with van der Waals surface area (Å²) in [5.41, 5.74) is 25.7. The molecule has 8 aromatic rings. The maximum Gasteiger partial charge on any atom is 0.0742 e. The molecule has 0 fully saturated rings. The quantitative estimate of drug-likeness (QED) is 0.172. The SMILES string of the molecule is Cc1cc2c(-c3ccc4c(c3)C(C)(C)CCC4(C)C)c(c1)N1c3ccccc3C(c3ccccc3)(c3ccccc3)c3cccc(c31)-c1cc3c(cc1-2)-c1ccccc1C3(C)C. The Kier molecular flexibility index (Phi) is 7.71. The fourth-order valence-electron chi connectivity index (χ4n) is 12.4. The van der Waals surface area contributed by atoms with E-state index in [2.05, 4.69) is 223 Å². The monoisotopic (exact) mass is 799 g/mol. The predicted molar refractivity (Wildman–Crippen MR) is 260 cm³/mol. The van der Waals surface area contributed by atoms with Crippen LogP contribution in [0.5, 0.6) is 0 Å². The first kappa shape index (κ1) is 37.3. The molecule has 8 aromatic carbocycles. The largest absolute Gasteiger partial charge is 0.309 e. The standard InChI is InChI=1S/C61H53N/c1-38-33-47-44-36-46-42-23-14-15-25-48(42)60(6,7)52(46)37-45(44)43-24-18-27-51-57(43)62(55(34-38)56(47)39-29-30-49-53(35-39)59(4,5)32-31-58(49,2)3)54-28-17-16-26-50(54)61(51,40-19-10-8-11-20-40)41-21-12-9-13-22-41/h8-30,33-37H,31-32H2,1-7H3. The minimum absolute atomic E-state index is 0.0689. The molecule has 1 heteroatoms. The van der Waals surface area contributed by atoms with Gasteiger partial charge in [-0.1, -0.05) is 187 Å². The van der Waals surface area contributed by atoms with E-state index >= 15 is 0 Å². The highest BCUT2D eigenvalue weighted by Gasteiger charge is 2.49. The van der Waals surface area contributed by atoms with Crippen molar-refractivity contribution in [1.82, 2.24) is 0 Å². The molecule has 0 saturated heterocycles. The van der Waals surface area contributed by atoms with Gasteiger partial charge in [0.15, 0.2) is 0 Å². The Labute approximate surface area is 367 Å². The Morgan fingerprint density at radius 3 is 1.71 bits per heavy atom. The fourth-order valence-corrected chi connectivity index (χ4v) is 12.4. The van der Waals surface area contributed by atoms with Crippen LogP contribution >= 0.6 is 0 Å². The molecule has 12 rings (SSSR count). The Balaban J connectivity index is 1.28. The van der Waals surface area contributed by atoms with Crippen molar-refractivity contribution < 1.29 is 0 Å². The van der Waals surface area contributed by atoms with Gasteiger partial charge >= 0.3 is 0 Å². The first-order valence-electron chi connectivity index (χ1n) is 22.6. The lowest BCUT2D eigenvalue weighted by Crippen LogP contribution is -2.38. The normalized spacial score (nSPS) is 17.3. The second kappa shape index (κ2) is 12.8. The Morgan fingerprint density at radius 2 is 0.984 bits per heavy atom. The van der Waals surface area contributed by atoms with Gasteiger partial charge in [-0.05, 0) is 138 Å². The molecule has 2 heterocycles. The van der Waals surface area contributed by atoms with Crippen LogP contribution in [0.1, 0.15) is 104 Å². The highest BCUT2D eigenvalue weighted by molar-refractivity contribution is 6.09. The van der Waals surface area contributed by atoms with Gasteiger partial charge in [-0.2, -0.15) is 0 Å². The van der Waals surface area contributed by atoms with Crippen molar-refractivity contribution in [2.75, 3.05) is 4.90 Å². The van der Waals surface area contributed by atoms with Gasteiger partial charge < -0.3 is 4.90 Å². The number of aryl methyl sites for hydroxylation is 1. The summed E-state index contributed by atoms with van der Waals surface area (Å²) < 4.78 is 0. The van der Waals surface area contributed by atoms with Crippen molar-refractivity contribution in [2.45, 2.75) is 83.0 Å². The summed E-state index contributed by atoms with van der Waals surface area (Å²) in [5, 5.41) is 0. The predicted octanol–water partition coefficient (Wildman–Crippen LogP) is 16.1. The molecule has 1 nitrogen and oxygen atoms in total. The Morgan fingerprint density at radius 1 is 0.387 bits per heavy atom. The van der Waals surface area contributed by atoms with Gasteiger partial charge in [-0.25, -0.2) is 0 Å². The van der Waals surface area contributed by atoms with E-state index in [4.69, 9.17) is 0 Å². The highest BCUT2D eigenvalue weighted by atomic mass is 15.2. The molecule has 2 bridgehead atoms. The third kappa shape index (κ3) is 4.91. The second-order valence-electron chi connectivity index (χ2n) is 20.4. The molecule has 0 saturated carbocycles. The first-order chi connectivity index (χ1) is 29.9. The lowest BCUT2D eigenvalue weighted by atomic mass is 9.61. The van der Waals surface area contributed by atoms with Crippen molar-refractivity contribution in [3.8, 4) is 44.5 Å². The molecule has 2 aliphatic heterocycles. The third-order valence-corrected chi connectivity index (χ3v) is 15.6. The molecule has 302 valence electrons. The van der Waals surface area contributed by atoms with Crippen LogP contribution in [0.25, 0.3) is 44.5 Å². The van der Waals surface area contributed by atoms with E-state index in [0.29, 0.717) is 0 Å². The van der Waals surface area contributed by atoms with Gasteiger partial charge in [0.05, 0.1) is 22.5 Å². The van der Waals surface area contributed by atoms with E-state index in [1.54, 1.807) is 0 Å². The third-order valence-electron chi connectivity index (χ3n) is 15.6. The van der Waals surface area contributed by atoms with Crippen LogP contribution in [-0.4, -0.2) is 0 Å². The Hall–Kier alpha value is -6.44. The van der Waals surface area contributed by atoms with Crippen molar-refractivity contribution >= 4 is 17.1 Å². The summed E-state index contributed by atoms with van der Waals surface area (Å²) in [6, 6.07) is 65.7. The van der Waals surface area contributed by atoms with Crippen LogP contribution in [0, 0.1) is 6.92 Å². The summed E-state index contributed by atoms with van der Waals surface area (Å²) in [7, 11) is 0. The molecule has 0 aromatic heterocycles. The summed E-state index contributed by atoms with van der Waals surface area (Å²) in [4.78, 5) is 2.67. The number of rotatable bonds is 3. The van der Waals surface area contributed by atoms with Crippen molar-refractivity contribution in [3.05, 3.63) is 220 Å². The number of nitrogens with zero attached hydrogens (tertiary/aromatic N) is 1. The highest BCUT2D eigenvalue weighted by Crippen LogP contribution is 2.64. The molecule has 0 unspecified atom stereocenters. The number of benzene rings is 8. The summed E-state index contributed by atoms with van der Waals surface area (Å²) >= 11 is 0. The van der Waals surface area contributed by atoms with Gasteiger partial charge in [0.25, 0.3) is 0 Å². The van der Waals surface area contributed by atoms with Gasteiger partial charge in [-0.15, -0.1) is 0 Å². The van der Waals surface area contributed by atoms with Gasteiger partial charge in [0.2, 0.25) is 0 Å². The molecule has 0 radical (unpaired) electrons. The maximum absolute atomic E-state index is 2.67. The summed E-state index contributed by atoms with van der Waals surface area (Å²) in [6.07, 6.45) is 2.36. The van der Waals surface area contributed by atoms with E-state index in [1.807, 2.05) is 0 Å². The van der Waals surface area contributed by atoms with E-state index in [0.717, 1.165) is 0 Å². The van der Waals surface area contributed by atoms with Crippen molar-refractivity contribution in [1.29, 1.82) is 0 Å².